The molecule has 0 saturated carbocycles. The zero-order valence-electron chi connectivity index (χ0n) is 13.6. The molecule has 0 heterocycles. The number of hydrogen-bond donors (Lipinski definition) is 1. The molecular weight excluding hydrogens is 282 g/mol. The van der Waals surface area contributed by atoms with Gasteiger partial charge in [-0.2, -0.15) is 11.8 Å². The Hall–Kier alpha value is -0.710. The molecule has 1 rings (SSSR count). The van der Waals surface area contributed by atoms with Crippen molar-refractivity contribution < 1.29 is 9.47 Å². The Balaban J connectivity index is 2.48. The van der Waals surface area contributed by atoms with Crippen LogP contribution in [0.15, 0.2) is 24.3 Å². The standard InChI is InChI=1S/C17H29NO2S/c1-19-10-9-18-14-16(7-5-11-21-3)12-15-6-4-8-17(13-15)20-2/h4,6,8,13,16,18H,5,7,9-12,14H2,1-3H3. The summed E-state index contributed by atoms with van der Waals surface area (Å²) in [6.45, 7) is 2.75. The third kappa shape index (κ3) is 8.34. The largest absolute Gasteiger partial charge is 0.497 e. The highest BCUT2D eigenvalue weighted by Crippen LogP contribution is 2.19. The number of rotatable bonds is 12. The molecule has 1 atom stereocenters. The predicted molar refractivity (Wildman–Crippen MR) is 92.5 cm³/mol. The Bertz CT molecular complexity index is 374. The SMILES string of the molecule is COCCNCC(CCCSC)Cc1cccc(OC)c1. The highest BCUT2D eigenvalue weighted by molar-refractivity contribution is 7.98. The van der Waals surface area contributed by atoms with Crippen LogP contribution in [0.5, 0.6) is 5.75 Å². The zero-order valence-corrected chi connectivity index (χ0v) is 14.4. The zero-order chi connectivity index (χ0) is 15.3. The van der Waals surface area contributed by atoms with Crippen molar-refractivity contribution in [2.75, 3.05) is 45.9 Å². The summed E-state index contributed by atoms with van der Waals surface area (Å²) in [6, 6.07) is 8.42. The molecule has 1 N–H and O–H groups in total. The summed E-state index contributed by atoms with van der Waals surface area (Å²) in [5, 5.41) is 3.50. The average molecular weight is 311 g/mol. The first-order valence-corrected chi connectivity index (χ1v) is 9.01. The van der Waals surface area contributed by atoms with Gasteiger partial charge in [-0.1, -0.05) is 12.1 Å². The van der Waals surface area contributed by atoms with Crippen LogP contribution in [-0.2, 0) is 11.2 Å². The number of nitrogens with one attached hydrogen (secondary N) is 1. The number of benzene rings is 1. The van der Waals surface area contributed by atoms with Gasteiger partial charge in [0.2, 0.25) is 0 Å². The molecule has 1 unspecified atom stereocenters. The van der Waals surface area contributed by atoms with E-state index in [2.05, 4.69) is 29.8 Å². The van der Waals surface area contributed by atoms with Crippen LogP contribution in [-0.4, -0.2) is 45.9 Å². The van der Waals surface area contributed by atoms with Gasteiger partial charge >= 0.3 is 0 Å². The van der Waals surface area contributed by atoms with E-state index in [-0.39, 0.29) is 0 Å². The lowest BCUT2D eigenvalue weighted by atomic mass is 9.95. The summed E-state index contributed by atoms with van der Waals surface area (Å²) in [7, 11) is 3.47. The molecule has 3 nitrogen and oxygen atoms in total. The van der Waals surface area contributed by atoms with Crippen molar-refractivity contribution in [1.29, 1.82) is 0 Å². The van der Waals surface area contributed by atoms with Crippen LogP contribution in [0, 0.1) is 5.92 Å². The second kappa shape index (κ2) is 11.9. The molecule has 0 bridgehead atoms. The van der Waals surface area contributed by atoms with E-state index >= 15 is 0 Å². The van der Waals surface area contributed by atoms with E-state index in [1.165, 1.54) is 24.2 Å². The van der Waals surface area contributed by atoms with Crippen LogP contribution in [0.1, 0.15) is 18.4 Å². The van der Waals surface area contributed by atoms with Crippen LogP contribution in [0.2, 0.25) is 0 Å². The molecule has 0 aliphatic rings. The Morgan fingerprint density at radius 1 is 1.29 bits per heavy atom. The number of thioether (sulfide) groups is 1. The highest BCUT2D eigenvalue weighted by Gasteiger charge is 2.10. The van der Waals surface area contributed by atoms with Crippen LogP contribution < -0.4 is 10.1 Å². The second-order valence-electron chi connectivity index (χ2n) is 5.25. The first-order valence-electron chi connectivity index (χ1n) is 7.61. The predicted octanol–water partition coefficient (Wildman–Crippen LogP) is 3.23. The van der Waals surface area contributed by atoms with E-state index < -0.39 is 0 Å². The van der Waals surface area contributed by atoms with Crippen molar-refractivity contribution in [2.45, 2.75) is 19.3 Å². The summed E-state index contributed by atoms with van der Waals surface area (Å²) < 4.78 is 10.4. The van der Waals surface area contributed by atoms with Crippen molar-refractivity contribution in [3.63, 3.8) is 0 Å². The first-order chi connectivity index (χ1) is 10.3. The molecule has 0 aromatic heterocycles. The molecule has 0 radical (unpaired) electrons. The monoisotopic (exact) mass is 311 g/mol. The van der Waals surface area contributed by atoms with Crippen LogP contribution in [0.25, 0.3) is 0 Å². The lowest BCUT2D eigenvalue weighted by molar-refractivity contribution is 0.197. The van der Waals surface area contributed by atoms with E-state index in [0.717, 1.165) is 31.9 Å². The van der Waals surface area contributed by atoms with Gasteiger partial charge in [-0.25, -0.2) is 0 Å². The van der Waals surface area contributed by atoms with Crippen molar-refractivity contribution in [3.8, 4) is 5.75 Å². The van der Waals surface area contributed by atoms with E-state index in [0.29, 0.717) is 5.92 Å². The van der Waals surface area contributed by atoms with Gasteiger partial charge in [-0.3, -0.25) is 0 Å². The summed E-state index contributed by atoms with van der Waals surface area (Å²) in [4.78, 5) is 0. The van der Waals surface area contributed by atoms with Crippen molar-refractivity contribution in [3.05, 3.63) is 29.8 Å². The van der Waals surface area contributed by atoms with Crippen molar-refractivity contribution in [2.24, 2.45) is 5.92 Å². The summed E-state index contributed by atoms with van der Waals surface area (Å²) in [5.74, 6) is 2.86. The Labute approximate surface area is 133 Å². The van der Waals surface area contributed by atoms with Gasteiger partial charge in [0.25, 0.3) is 0 Å². The van der Waals surface area contributed by atoms with Gasteiger partial charge in [0.1, 0.15) is 5.75 Å². The topological polar surface area (TPSA) is 30.5 Å². The fourth-order valence-electron chi connectivity index (χ4n) is 2.41. The van der Waals surface area contributed by atoms with E-state index in [1.54, 1.807) is 14.2 Å². The fraction of sp³-hybridized carbons (Fsp3) is 0.647. The first kappa shape index (κ1) is 18.3. The maximum Gasteiger partial charge on any atom is 0.119 e. The number of hydrogen-bond acceptors (Lipinski definition) is 4. The minimum Gasteiger partial charge on any atom is -0.497 e. The molecule has 120 valence electrons. The quantitative estimate of drug-likeness (QED) is 0.600. The lowest BCUT2D eigenvalue weighted by Crippen LogP contribution is -2.27. The van der Waals surface area contributed by atoms with Gasteiger partial charge in [0.15, 0.2) is 0 Å². The molecule has 4 heteroatoms. The Morgan fingerprint density at radius 3 is 2.86 bits per heavy atom. The molecule has 0 fully saturated rings. The molecular formula is C17H29NO2S. The number of methoxy groups -OCH3 is 2. The second-order valence-corrected chi connectivity index (χ2v) is 6.24. The minimum atomic E-state index is 0.668. The lowest BCUT2D eigenvalue weighted by Gasteiger charge is -2.18. The maximum atomic E-state index is 5.31. The normalized spacial score (nSPS) is 12.3. The van der Waals surface area contributed by atoms with Gasteiger partial charge in [-0.05, 0) is 61.4 Å². The molecule has 1 aromatic carbocycles. The molecule has 0 spiro atoms. The van der Waals surface area contributed by atoms with E-state index in [1.807, 2.05) is 17.8 Å². The third-order valence-corrected chi connectivity index (χ3v) is 4.23. The molecule has 0 saturated heterocycles. The van der Waals surface area contributed by atoms with Crippen molar-refractivity contribution in [1.82, 2.24) is 5.32 Å². The highest BCUT2D eigenvalue weighted by atomic mass is 32.2. The van der Waals surface area contributed by atoms with E-state index in [9.17, 15) is 0 Å². The average Bonchev–Trinajstić information content (AvgIpc) is 2.51. The smallest absolute Gasteiger partial charge is 0.119 e. The Morgan fingerprint density at radius 2 is 2.14 bits per heavy atom. The van der Waals surface area contributed by atoms with E-state index in [4.69, 9.17) is 9.47 Å². The van der Waals surface area contributed by atoms with Gasteiger partial charge in [0, 0.05) is 13.7 Å². The molecule has 21 heavy (non-hydrogen) atoms. The number of ether oxygens (including phenoxy) is 2. The summed E-state index contributed by atoms with van der Waals surface area (Å²) in [5.41, 5.74) is 1.36. The fourth-order valence-corrected chi connectivity index (χ4v) is 2.86. The molecule has 1 aromatic rings. The van der Waals surface area contributed by atoms with Gasteiger partial charge in [0.05, 0.1) is 13.7 Å². The van der Waals surface area contributed by atoms with Gasteiger partial charge in [-0.15, -0.1) is 0 Å². The third-order valence-electron chi connectivity index (χ3n) is 3.54. The Kier molecular flexibility index (Phi) is 10.4. The minimum absolute atomic E-state index is 0.668. The van der Waals surface area contributed by atoms with Crippen molar-refractivity contribution >= 4 is 11.8 Å². The van der Waals surface area contributed by atoms with Crippen LogP contribution in [0.4, 0.5) is 0 Å². The molecule has 0 aliphatic carbocycles. The van der Waals surface area contributed by atoms with Crippen LogP contribution in [0.3, 0.4) is 0 Å². The maximum absolute atomic E-state index is 5.31. The molecule has 0 amide bonds. The van der Waals surface area contributed by atoms with Crippen LogP contribution >= 0.6 is 11.8 Å². The summed E-state index contributed by atoms with van der Waals surface area (Å²) >= 11 is 1.93. The summed E-state index contributed by atoms with van der Waals surface area (Å²) in [6.07, 6.45) is 5.82. The van der Waals surface area contributed by atoms with Gasteiger partial charge < -0.3 is 14.8 Å². The molecule has 0 aliphatic heterocycles.